The van der Waals surface area contributed by atoms with E-state index in [4.69, 9.17) is 35.2 Å². The Kier molecular flexibility index (Phi) is 19.3. The minimum atomic E-state index is -1.50. The molecule has 1 unspecified atom stereocenters. The molecule has 0 aliphatic carbocycles. The van der Waals surface area contributed by atoms with Crippen molar-refractivity contribution < 1.29 is 39.8 Å². The molecule has 12 heteroatoms. The van der Waals surface area contributed by atoms with Gasteiger partial charge in [-0.05, 0) is 36.7 Å². The Balaban J connectivity index is 4.57. The fraction of sp³-hybridized carbons (Fsp3) is 0.522. The van der Waals surface area contributed by atoms with Gasteiger partial charge >= 0.3 is 5.97 Å². The summed E-state index contributed by atoms with van der Waals surface area (Å²) in [7, 11) is 0. The van der Waals surface area contributed by atoms with Crippen LogP contribution in [0, 0.1) is 22.7 Å². The lowest BCUT2D eigenvalue weighted by atomic mass is 10.2. The molecule has 0 aromatic heterocycles. The van der Waals surface area contributed by atoms with E-state index in [1.54, 1.807) is 22.1 Å². The third-order valence-corrected chi connectivity index (χ3v) is 4.21. The number of aliphatic hydroxyl groups excluding tert-OH is 5. The molecule has 0 aromatic carbocycles. The molecular weight excluding hydrogens is 460 g/mol. The maximum absolute atomic E-state index is 12.0. The van der Waals surface area contributed by atoms with Crippen LogP contribution in [-0.2, 0) is 14.3 Å². The number of nitrogens with zero attached hydrogens (tertiary/aromatic N) is 4. The van der Waals surface area contributed by atoms with Gasteiger partial charge in [-0.1, -0.05) is 0 Å². The highest BCUT2D eigenvalue weighted by molar-refractivity contribution is 5.93. The molecule has 0 amide bonds. The summed E-state index contributed by atoms with van der Waals surface area (Å²) >= 11 is 0. The van der Waals surface area contributed by atoms with E-state index in [9.17, 15) is 15.2 Å². The first-order valence-electron chi connectivity index (χ1n) is 10.9. The molecule has 0 aliphatic heterocycles. The van der Waals surface area contributed by atoms with Crippen LogP contribution in [0.1, 0.15) is 6.42 Å². The minimum absolute atomic E-state index is 0.0267. The summed E-state index contributed by atoms with van der Waals surface area (Å²) in [5, 5.41) is 64.1. The van der Waals surface area contributed by atoms with Gasteiger partial charge < -0.3 is 44.8 Å². The van der Waals surface area contributed by atoms with Crippen molar-refractivity contribution in [3.8, 4) is 12.1 Å². The van der Waals surface area contributed by atoms with Crippen LogP contribution in [0.4, 0.5) is 0 Å². The number of carbonyl (C=O) groups is 1. The fourth-order valence-corrected chi connectivity index (χ4v) is 2.48. The van der Waals surface area contributed by atoms with E-state index < -0.39 is 12.3 Å². The lowest BCUT2D eigenvalue weighted by molar-refractivity contribution is -0.139. The first-order valence-corrected chi connectivity index (χ1v) is 10.9. The third kappa shape index (κ3) is 15.3. The van der Waals surface area contributed by atoms with E-state index in [2.05, 4.69) is 0 Å². The summed E-state index contributed by atoms with van der Waals surface area (Å²) in [5.74, 6) is -0.841. The van der Waals surface area contributed by atoms with Crippen molar-refractivity contribution >= 4 is 5.97 Å². The summed E-state index contributed by atoms with van der Waals surface area (Å²) in [4.78, 5) is 15.2. The van der Waals surface area contributed by atoms with Crippen molar-refractivity contribution in [1.82, 2.24) is 9.80 Å². The molecule has 0 radical (unpaired) electrons. The van der Waals surface area contributed by atoms with Gasteiger partial charge in [0.1, 0.15) is 17.7 Å². The van der Waals surface area contributed by atoms with Gasteiger partial charge in [0.2, 0.25) is 0 Å². The summed E-state index contributed by atoms with van der Waals surface area (Å²) in [5.41, 5.74) is -0.308. The number of hydrogen-bond acceptors (Lipinski definition) is 12. The van der Waals surface area contributed by atoms with Crippen LogP contribution in [0.15, 0.2) is 47.9 Å². The predicted molar refractivity (Wildman–Crippen MR) is 125 cm³/mol. The Morgan fingerprint density at radius 1 is 0.829 bits per heavy atom. The van der Waals surface area contributed by atoms with Crippen LogP contribution in [-0.4, -0.2) is 113 Å². The predicted octanol–water partition coefficient (Wildman–Crippen LogP) is -1.24. The second kappa shape index (κ2) is 21.3. The van der Waals surface area contributed by atoms with Crippen LogP contribution in [0.2, 0.25) is 0 Å². The van der Waals surface area contributed by atoms with Crippen LogP contribution in [0.25, 0.3) is 0 Å². The average Bonchev–Trinajstić information content (AvgIpc) is 2.84. The molecule has 0 spiro atoms. The van der Waals surface area contributed by atoms with E-state index in [-0.39, 0.29) is 70.3 Å². The Morgan fingerprint density at radius 2 is 1.34 bits per heavy atom. The van der Waals surface area contributed by atoms with Gasteiger partial charge in [-0.25, -0.2) is 4.79 Å². The molecule has 35 heavy (non-hydrogen) atoms. The molecule has 0 aromatic rings. The summed E-state index contributed by atoms with van der Waals surface area (Å²) in [6.45, 7) is 0.617. The van der Waals surface area contributed by atoms with E-state index in [1.165, 1.54) is 30.5 Å². The molecule has 0 heterocycles. The molecule has 0 bridgehead atoms. The third-order valence-electron chi connectivity index (χ3n) is 4.21. The Hall–Kier alpha value is -3.23. The summed E-state index contributed by atoms with van der Waals surface area (Å²) in [6.07, 6.45) is 7.30. The topological polar surface area (TPSA) is 191 Å². The molecule has 12 nitrogen and oxygen atoms in total. The van der Waals surface area contributed by atoms with Gasteiger partial charge in [0, 0.05) is 32.6 Å². The van der Waals surface area contributed by atoms with E-state index in [1.807, 2.05) is 6.07 Å². The molecule has 0 saturated carbocycles. The molecular formula is C23H34N4O8. The van der Waals surface area contributed by atoms with Crippen molar-refractivity contribution in [2.75, 3.05) is 65.8 Å². The van der Waals surface area contributed by atoms with E-state index in [0.717, 1.165) is 0 Å². The molecule has 0 rings (SSSR count). The number of esters is 1. The van der Waals surface area contributed by atoms with Gasteiger partial charge in [0.25, 0.3) is 0 Å². The standard InChI is InChI=1S/C23H34N4O8/c24-18-20(4-1-6-26(8-12-28)9-13-29)22(32)34-16-3-17-35-23(33)21(19-25)5-2-7-27(10-14-30)11-15-31/h1-2,4-7,22,28-32H,3,8-17H2. The fourth-order valence-electron chi connectivity index (χ4n) is 2.48. The normalized spacial score (nSPS) is 13.0. The Morgan fingerprint density at radius 3 is 1.80 bits per heavy atom. The lowest BCUT2D eigenvalue weighted by Gasteiger charge is -2.17. The zero-order valence-corrected chi connectivity index (χ0v) is 19.6. The first-order chi connectivity index (χ1) is 17.0. The molecule has 0 saturated heterocycles. The average molecular weight is 495 g/mol. The number of ether oxygens (including phenoxy) is 2. The number of aliphatic hydroxyl groups is 5. The highest BCUT2D eigenvalue weighted by Gasteiger charge is 2.12. The maximum atomic E-state index is 12.0. The summed E-state index contributed by atoms with van der Waals surface area (Å²) in [6, 6.07) is 3.55. The van der Waals surface area contributed by atoms with Crippen LogP contribution in [0.3, 0.4) is 0 Å². The molecule has 0 aliphatic rings. The number of hydrogen-bond donors (Lipinski definition) is 5. The van der Waals surface area contributed by atoms with Crippen LogP contribution < -0.4 is 0 Å². The molecule has 0 fully saturated rings. The minimum Gasteiger partial charge on any atom is -0.461 e. The smallest absolute Gasteiger partial charge is 0.348 e. The first kappa shape index (κ1) is 31.8. The summed E-state index contributed by atoms with van der Waals surface area (Å²) < 4.78 is 10.2. The number of nitriles is 2. The number of allylic oxidation sites excluding steroid dienone is 4. The molecule has 194 valence electrons. The van der Waals surface area contributed by atoms with Crippen molar-refractivity contribution in [1.29, 1.82) is 10.5 Å². The van der Waals surface area contributed by atoms with E-state index in [0.29, 0.717) is 13.1 Å². The van der Waals surface area contributed by atoms with Crippen molar-refractivity contribution in [3.05, 3.63) is 47.9 Å². The molecule has 5 N–H and O–H groups in total. The zero-order valence-electron chi connectivity index (χ0n) is 19.6. The quantitative estimate of drug-likeness (QED) is 0.0359. The van der Waals surface area contributed by atoms with Crippen LogP contribution in [0.5, 0.6) is 0 Å². The van der Waals surface area contributed by atoms with Gasteiger partial charge in [-0.15, -0.1) is 0 Å². The Bertz CT molecular complexity index is 786. The van der Waals surface area contributed by atoms with Gasteiger partial charge in [0.05, 0.1) is 45.2 Å². The SMILES string of the molecule is N#CC(=CC=CN(CCO)CCO)C(=O)OCCCOC(O)C(C#N)=CC=CN(CCO)CCO. The monoisotopic (exact) mass is 494 g/mol. The number of carbonyl (C=O) groups excluding carboxylic acids is 1. The van der Waals surface area contributed by atoms with Gasteiger partial charge in [-0.2, -0.15) is 10.5 Å². The largest absolute Gasteiger partial charge is 0.461 e. The Labute approximate surface area is 205 Å². The van der Waals surface area contributed by atoms with Crippen molar-refractivity contribution in [2.45, 2.75) is 12.7 Å². The van der Waals surface area contributed by atoms with Crippen molar-refractivity contribution in [3.63, 3.8) is 0 Å². The zero-order chi connectivity index (χ0) is 26.3. The van der Waals surface area contributed by atoms with E-state index >= 15 is 0 Å². The lowest BCUT2D eigenvalue weighted by Crippen LogP contribution is -2.24. The maximum Gasteiger partial charge on any atom is 0.348 e. The highest BCUT2D eigenvalue weighted by Crippen LogP contribution is 2.05. The van der Waals surface area contributed by atoms with Crippen LogP contribution >= 0.6 is 0 Å². The highest BCUT2D eigenvalue weighted by atomic mass is 16.6. The second-order valence-electron chi connectivity index (χ2n) is 6.79. The van der Waals surface area contributed by atoms with Crippen molar-refractivity contribution in [2.24, 2.45) is 0 Å². The van der Waals surface area contributed by atoms with Gasteiger partial charge in [0.15, 0.2) is 6.29 Å². The molecule has 1 atom stereocenters. The number of rotatable bonds is 19. The second-order valence-corrected chi connectivity index (χ2v) is 6.79. The van der Waals surface area contributed by atoms with Gasteiger partial charge in [-0.3, -0.25) is 0 Å².